The van der Waals surface area contributed by atoms with E-state index < -0.39 is 0 Å². The first kappa shape index (κ1) is 23.4. The predicted molar refractivity (Wildman–Crippen MR) is 136 cm³/mol. The first-order valence-electron chi connectivity index (χ1n) is 11.6. The van der Waals surface area contributed by atoms with Gasteiger partial charge in [-0.3, -0.25) is 4.79 Å². The Morgan fingerprint density at radius 2 is 1.68 bits per heavy atom. The monoisotopic (exact) mass is 454 g/mol. The molecule has 1 aromatic heterocycles. The van der Waals surface area contributed by atoms with Gasteiger partial charge in [0.1, 0.15) is 11.4 Å². The fraction of sp³-hybridized carbons (Fsp3) is 0.250. The molecule has 0 saturated heterocycles. The van der Waals surface area contributed by atoms with Crippen LogP contribution in [0, 0.1) is 0 Å². The van der Waals surface area contributed by atoms with Gasteiger partial charge in [0, 0.05) is 24.0 Å². The minimum atomic E-state index is -0.184. The van der Waals surface area contributed by atoms with E-state index in [-0.39, 0.29) is 5.91 Å². The van der Waals surface area contributed by atoms with Crippen LogP contribution in [0.15, 0.2) is 78.9 Å². The van der Waals surface area contributed by atoms with Crippen molar-refractivity contribution in [2.24, 2.45) is 0 Å². The maximum absolute atomic E-state index is 13.1. The summed E-state index contributed by atoms with van der Waals surface area (Å²) < 4.78 is 5.53. The fourth-order valence-electron chi connectivity index (χ4n) is 3.85. The number of nitrogens with zero attached hydrogens (tertiary/aromatic N) is 3. The number of fused-ring (bicyclic) bond motifs is 1. The number of carbonyl (C=O) groups excluding carboxylic acids is 1. The zero-order chi connectivity index (χ0) is 23.8. The van der Waals surface area contributed by atoms with E-state index in [1.807, 2.05) is 61.5 Å². The third kappa shape index (κ3) is 5.97. The molecule has 0 saturated carbocycles. The van der Waals surface area contributed by atoms with Crippen molar-refractivity contribution in [1.82, 2.24) is 20.2 Å². The third-order valence-corrected chi connectivity index (χ3v) is 5.54. The molecule has 1 N–H and O–H groups in total. The van der Waals surface area contributed by atoms with Gasteiger partial charge >= 0.3 is 0 Å². The molecule has 0 fully saturated rings. The lowest BCUT2D eigenvalue weighted by Crippen LogP contribution is -2.29. The Balaban J connectivity index is 1.43. The highest BCUT2D eigenvalue weighted by molar-refractivity contribution is 6.04. The molecule has 6 nitrogen and oxygen atoms in total. The van der Waals surface area contributed by atoms with Crippen molar-refractivity contribution in [1.29, 1.82) is 0 Å². The summed E-state index contributed by atoms with van der Waals surface area (Å²) in [5.74, 6) is 1.13. The van der Waals surface area contributed by atoms with Gasteiger partial charge in [-0.15, -0.1) is 0 Å². The maximum Gasteiger partial charge on any atom is 0.270 e. The molecule has 0 bridgehead atoms. The Bertz CT molecular complexity index is 1230. The second-order valence-electron chi connectivity index (χ2n) is 8.20. The van der Waals surface area contributed by atoms with E-state index in [1.54, 1.807) is 0 Å². The lowest BCUT2D eigenvalue weighted by Gasteiger charge is -2.17. The molecule has 0 aliphatic heterocycles. The van der Waals surface area contributed by atoms with Crippen LogP contribution in [0.1, 0.15) is 29.4 Å². The summed E-state index contributed by atoms with van der Waals surface area (Å²) in [5.41, 5.74) is 3.26. The summed E-state index contributed by atoms with van der Waals surface area (Å²) in [6.07, 6.45) is 0.851. The molecule has 0 spiro atoms. The number of nitrogens with one attached hydrogen (secondary N) is 1. The highest BCUT2D eigenvalue weighted by Crippen LogP contribution is 2.23. The van der Waals surface area contributed by atoms with Gasteiger partial charge in [-0.25, -0.2) is 9.97 Å². The van der Waals surface area contributed by atoms with Crippen molar-refractivity contribution in [3.8, 4) is 17.1 Å². The van der Waals surface area contributed by atoms with E-state index in [0.717, 1.165) is 41.7 Å². The molecule has 174 valence electrons. The van der Waals surface area contributed by atoms with Crippen LogP contribution in [0.4, 0.5) is 0 Å². The number of hydrogen-bond donors (Lipinski definition) is 1. The van der Waals surface area contributed by atoms with Gasteiger partial charge in [-0.2, -0.15) is 0 Å². The topological polar surface area (TPSA) is 67.3 Å². The Morgan fingerprint density at radius 3 is 2.44 bits per heavy atom. The molecule has 4 aromatic rings. The highest BCUT2D eigenvalue weighted by Gasteiger charge is 2.15. The largest absolute Gasteiger partial charge is 0.494 e. The molecular formula is C28H30N4O2. The first-order chi connectivity index (χ1) is 16.6. The fourth-order valence-corrected chi connectivity index (χ4v) is 3.85. The average molecular weight is 455 g/mol. The molecule has 1 heterocycles. The first-order valence-corrected chi connectivity index (χ1v) is 11.6. The lowest BCUT2D eigenvalue weighted by atomic mass is 10.1. The summed E-state index contributed by atoms with van der Waals surface area (Å²) in [6, 6.07) is 25.6. The number of para-hydroxylation sites is 1. The van der Waals surface area contributed by atoms with Crippen LogP contribution in [0.3, 0.4) is 0 Å². The molecule has 0 aliphatic carbocycles. The van der Waals surface area contributed by atoms with Gasteiger partial charge in [0.25, 0.3) is 5.91 Å². The molecule has 4 rings (SSSR count). The maximum atomic E-state index is 13.1. The van der Waals surface area contributed by atoms with Crippen LogP contribution in [0.2, 0.25) is 0 Å². The lowest BCUT2D eigenvalue weighted by molar-refractivity contribution is 0.0948. The van der Waals surface area contributed by atoms with Crippen molar-refractivity contribution >= 4 is 16.8 Å². The molecule has 0 atom stereocenters. The van der Waals surface area contributed by atoms with Gasteiger partial charge in [-0.05, 0) is 62.8 Å². The zero-order valence-corrected chi connectivity index (χ0v) is 19.7. The summed E-state index contributed by atoms with van der Waals surface area (Å²) in [6.45, 7) is 4.91. The number of rotatable bonds is 10. The Labute approximate surface area is 200 Å². The SMILES string of the molecule is CCOc1ccc(-c2nc(C(=O)NCCCN(C)Cc3ccccc3)c3ccccc3n2)cc1. The van der Waals surface area contributed by atoms with Crippen molar-refractivity contribution in [3.63, 3.8) is 0 Å². The van der Waals surface area contributed by atoms with Gasteiger partial charge in [0.2, 0.25) is 0 Å². The van der Waals surface area contributed by atoms with E-state index >= 15 is 0 Å². The molecular weight excluding hydrogens is 424 g/mol. The van der Waals surface area contributed by atoms with Crippen LogP contribution in [0.25, 0.3) is 22.3 Å². The average Bonchev–Trinajstić information content (AvgIpc) is 2.87. The smallest absolute Gasteiger partial charge is 0.270 e. The van der Waals surface area contributed by atoms with E-state index in [1.165, 1.54) is 5.56 Å². The van der Waals surface area contributed by atoms with Crippen molar-refractivity contribution in [3.05, 3.63) is 90.1 Å². The number of benzene rings is 3. The van der Waals surface area contributed by atoms with E-state index in [9.17, 15) is 4.79 Å². The molecule has 34 heavy (non-hydrogen) atoms. The number of hydrogen-bond acceptors (Lipinski definition) is 5. The van der Waals surface area contributed by atoms with Crippen molar-refractivity contribution < 1.29 is 9.53 Å². The molecule has 1 amide bonds. The number of aromatic nitrogens is 2. The molecule has 3 aromatic carbocycles. The molecule has 0 unspecified atom stereocenters. The molecule has 0 aliphatic rings. The Hall–Kier alpha value is -3.77. The third-order valence-electron chi connectivity index (χ3n) is 5.54. The van der Waals surface area contributed by atoms with Crippen LogP contribution in [-0.2, 0) is 6.54 Å². The van der Waals surface area contributed by atoms with Crippen LogP contribution < -0.4 is 10.1 Å². The predicted octanol–water partition coefficient (Wildman–Crippen LogP) is 4.95. The molecule has 6 heteroatoms. The van der Waals surface area contributed by atoms with E-state index in [2.05, 4.69) is 51.5 Å². The summed E-state index contributed by atoms with van der Waals surface area (Å²) in [4.78, 5) is 24.7. The van der Waals surface area contributed by atoms with E-state index in [4.69, 9.17) is 4.74 Å². The second-order valence-corrected chi connectivity index (χ2v) is 8.20. The quantitative estimate of drug-likeness (QED) is 0.344. The normalized spacial score (nSPS) is 11.0. The zero-order valence-electron chi connectivity index (χ0n) is 19.7. The van der Waals surface area contributed by atoms with Crippen LogP contribution in [-0.4, -0.2) is 47.5 Å². The van der Waals surface area contributed by atoms with Gasteiger partial charge in [0.05, 0.1) is 12.1 Å². The van der Waals surface area contributed by atoms with Gasteiger partial charge in [-0.1, -0.05) is 48.5 Å². The van der Waals surface area contributed by atoms with E-state index in [0.29, 0.717) is 24.7 Å². The Kier molecular flexibility index (Phi) is 7.83. The van der Waals surface area contributed by atoms with Crippen LogP contribution >= 0.6 is 0 Å². The molecule has 0 radical (unpaired) electrons. The number of ether oxygens (including phenoxy) is 1. The second kappa shape index (κ2) is 11.4. The number of carbonyl (C=O) groups is 1. The Morgan fingerprint density at radius 1 is 0.941 bits per heavy atom. The minimum absolute atomic E-state index is 0.184. The van der Waals surface area contributed by atoms with Crippen molar-refractivity contribution in [2.45, 2.75) is 19.9 Å². The van der Waals surface area contributed by atoms with Gasteiger partial charge < -0.3 is 15.0 Å². The summed E-state index contributed by atoms with van der Waals surface area (Å²) in [5, 5.41) is 3.79. The van der Waals surface area contributed by atoms with Crippen molar-refractivity contribution in [2.75, 3.05) is 26.7 Å². The highest BCUT2D eigenvalue weighted by atomic mass is 16.5. The van der Waals surface area contributed by atoms with Gasteiger partial charge in [0.15, 0.2) is 5.82 Å². The summed E-state index contributed by atoms with van der Waals surface area (Å²) >= 11 is 0. The standard InChI is InChI=1S/C28H30N4O2/c1-3-34-23-16-14-22(15-17-23)27-30-25-13-8-7-12-24(25)26(31-27)28(33)29-18-9-19-32(2)20-21-10-5-4-6-11-21/h4-8,10-17H,3,9,18-20H2,1-2H3,(H,29,33). The number of amides is 1. The minimum Gasteiger partial charge on any atom is -0.494 e. The summed E-state index contributed by atoms with van der Waals surface area (Å²) in [7, 11) is 2.09. The van der Waals surface area contributed by atoms with Crippen LogP contribution in [0.5, 0.6) is 5.75 Å².